The van der Waals surface area contributed by atoms with Crippen molar-refractivity contribution in [2.75, 3.05) is 6.54 Å². The molecule has 0 saturated heterocycles. The Morgan fingerprint density at radius 2 is 1.73 bits per heavy atom. The van der Waals surface area contributed by atoms with Gasteiger partial charge < -0.3 is 4.42 Å². The first-order chi connectivity index (χ1) is 12.8. The van der Waals surface area contributed by atoms with Crippen molar-refractivity contribution in [3.8, 4) is 11.3 Å². The van der Waals surface area contributed by atoms with Crippen LogP contribution in [-0.4, -0.2) is 11.4 Å². The van der Waals surface area contributed by atoms with Crippen molar-refractivity contribution in [3.05, 3.63) is 83.6 Å². The summed E-state index contributed by atoms with van der Waals surface area (Å²) < 4.78 is 6.24. The van der Waals surface area contributed by atoms with Crippen LogP contribution in [0.2, 0.25) is 0 Å². The van der Waals surface area contributed by atoms with E-state index >= 15 is 0 Å². The number of nitrogens with zero attached hydrogens (tertiary/aromatic N) is 1. The van der Waals surface area contributed by atoms with Gasteiger partial charge in [0.05, 0.1) is 0 Å². The molecule has 0 saturated carbocycles. The second kappa shape index (κ2) is 7.92. The van der Waals surface area contributed by atoms with Crippen molar-refractivity contribution < 1.29 is 4.42 Å². The first-order valence-corrected chi connectivity index (χ1v) is 9.81. The van der Waals surface area contributed by atoms with Gasteiger partial charge in [-0.15, -0.1) is 0 Å². The Morgan fingerprint density at radius 1 is 1.00 bits per heavy atom. The molecule has 1 aliphatic heterocycles. The highest BCUT2D eigenvalue weighted by atomic mass is 16.3. The molecule has 2 heteroatoms. The third kappa shape index (κ3) is 3.61. The van der Waals surface area contributed by atoms with E-state index < -0.39 is 0 Å². The number of rotatable bonds is 5. The van der Waals surface area contributed by atoms with Gasteiger partial charge in [-0.25, -0.2) is 0 Å². The molecule has 1 atom stereocenters. The zero-order chi connectivity index (χ0) is 17.8. The Morgan fingerprint density at radius 3 is 2.46 bits per heavy atom. The molecule has 1 aromatic heterocycles. The third-order valence-corrected chi connectivity index (χ3v) is 5.36. The van der Waals surface area contributed by atoms with Gasteiger partial charge in [-0.3, -0.25) is 4.90 Å². The summed E-state index contributed by atoms with van der Waals surface area (Å²) >= 11 is 0. The lowest BCUT2D eigenvalue weighted by atomic mass is 10.00. The van der Waals surface area contributed by atoms with Crippen molar-refractivity contribution in [2.45, 2.75) is 45.2 Å². The largest absolute Gasteiger partial charge is 0.461 e. The zero-order valence-electron chi connectivity index (χ0n) is 15.5. The molecule has 0 aliphatic carbocycles. The van der Waals surface area contributed by atoms with Crippen molar-refractivity contribution >= 4 is 0 Å². The van der Waals surface area contributed by atoms with Crippen molar-refractivity contribution in [1.82, 2.24) is 4.90 Å². The SMILES string of the molecule is CCCC(c1ccccc1)N1CCCc2oc(-c3ccccc3)cc2C1. The van der Waals surface area contributed by atoms with Crippen molar-refractivity contribution in [1.29, 1.82) is 0 Å². The second-order valence-corrected chi connectivity index (χ2v) is 7.21. The van der Waals surface area contributed by atoms with E-state index in [1.165, 1.54) is 35.3 Å². The molecule has 0 spiro atoms. The molecule has 134 valence electrons. The monoisotopic (exact) mass is 345 g/mol. The van der Waals surface area contributed by atoms with Gasteiger partial charge in [0.15, 0.2) is 0 Å². The van der Waals surface area contributed by atoms with E-state index in [0.29, 0.717) is 6.04 Å². The zero-order valence-corrected chi connectivity index (χ0v) is 15.5. The predicted molar refractivity (Wildman–Crippen MR) is 107 cm³/mol. The van der Waals surface area contributed by atoms with Crippen LogP contribution < -0.4 is 0 Å². The summed E-state index contributed by atoms with van der Waals surface area (Å²) in [5, 5.41) is 0. The molecule has 26 heavy (non-hydrogen) atoms. The van der Waals surface area contributed by atoms with E-state index in [4.69, 9.17) is 4.42 Å². The Bertz CT molecular complexity index is 822. The molecule has 2 aromatic carbocycles. The molecule has 0 fully saturated rings. The molecule has 0 N–H and O–H groups in total. The smallest absolute Gasteiger partial charge is 0.134 e. The Balaban J connectivity index is 1.61. The van der Waals surface area contributed by atoms with Crippen LogP contribution in [0.5, 0.6) is 0 Å². The lowest BCUT2D eigenvalue weighted by Crippen LogP contribution is -2.28. The minimum Gasteiger partial charge on any atom is -0.461 e. The van der Waals surface area contributed by atoms with E-state index in [2.05, 4.69) is 72.5 Å². The van der Waals surface area contributed by atoms with Gasteiger partial charge >= 0.3 is 0 Å². The maximum Gasteiger partial charge on any atom is 0.134 e. The van der Waals surface area contributed by atoms with Crippen LogP contribution in [0.4, 0.5) is 0 Å². The number of fused-ring (bicyclic) bond motifs is 1. The number of benzene rings is 2. The van der Waals surface area contributed by atoms with Crippen LogP contribution in [0.25, 0.3) is 11.3 Å². The van der Waals surface area contributed by atoms with Gasteiger partial charge in [0.2, 0.25) is 0 Å². The van der Waals surface area contributed by atoms with E-state index in [1.54, 1.807) is 0 Å². The van der Waals surface area contributed by atoms with Gasteiger partial charge in [0, 0.05) is 30.1 Å². The molecule has 0 amide bonds. The van der Waals surface area contributed by atoms with E-state index in [1.807, 2.05) is 6.07 Å². The molecule has 0 radical (unpaired) electrons. The van der Waals surface area contributed by atoms with Gasteiger partial charge in [-0.05, 0) is 31.0 Å². The Kier molecular flexibility index (Phi) is 5.21. The lowest BCUT2D eigenvalue weighted by Gasteiger charge is -2.31. The first-order valence-electron chi connectivity index (χ1n) is 9.81. The maximum absolute atomic E-state index is 6.24. The molecule has 2 nitrogen and oxygen atoms in total. The van der Waals surface area contributed by atoms with Crippen LogP contribution >= 0.6 is 0 Å². The summed E-state index contributed by atoms with van der Waals surface area (Å²) in [6.45, 7) is 4.39. The molecular formula is C24H27NO. The van der Waals surface area contributed by atoms with Gasteiger partial charge in [0.25, 0.3) is 0 Å². The molecule has 3 aromatic rings. The topological polar surface area (TPSA) is 16.4 Å². The van der Waals surface area contributed by atoms with Crippen molar-refractivity contribution in [2.24, 2.45) is 0 Å². The number of hydrogen-bond donors (Lipinski definition) is 0. The number of aryl methyl sites for hydroxylation is 1. The Labute approximate surface area is 156 Å². The summed E-state index contributed by atoms with van der Waals surface area (Å²) in [6, 6.07) is 24.2. The van der Waals surface area contributed by atoms with E-state index in [9.17, 15) is 0 Å². The summed E-state index contributed by atoms with van der Waals surface area (Å²) in [5.41, 5.74) is 3.96. The van der Waals surface area contributed by atoms with Gasteiger partial charge in [-0.1, -0.05) is 74.0 Å². The normalized spacial score (nSPS) is 16.0. The molecule has 4 rings (SSSR count). The highest BCUT2D eigenvalue weighted by Crippen LogP contribution is 2.34. The average molecular weight is 345 g/mol. The molecule has 2 heterocycles. The van der Waals surface area contributed by atoms with Crippen LogP contribution in [0, 0.1) is 0 Å². The highest BCUT2D eigenvalue weighted by Gasteiger charge is 2.25. The van der Waals surface area contributed by atoms with Crippen LogP contribution in [-0.2, 0) is 13.0 Å². The Hall–Kier alpha value is -2.32. The molecule has 1 unspecified atom stereocenters. The quantitative estimate of drug-likeness (QED) is 0.544. The van der Waals surface area contributed by atoms with Crippen LogP contribution in [0.3, 0.4) is 0 Å². The summed E-state index contributed by atoms with van der Waals surface area (Å²) in [4.78, 5) is 2.65. The van der Waals surface area contributed by atoms with Gasteiger partial charge in [-0.2, -0.15) is 0 Å². The minimum absolute atomic E-state index is 0.488. The fourth-order valence-electron chi connectivity index (χ4n) is 4.07. The second-order valence-electron chi connectivity index (χ2n) is 7.21. The van der Waals surface area contributed by atoms with Gasteiger partial charge in [0.1, 0.15) is 11.5 Å². The fourth-order valence-corrected chi connectivity index (χ4v) is 4.07. The lowest BCUT2D eigenvalue weighted by molar-refractivity contribution is 0.180. The third-order valence-electron chi connectivity index (χ3n) is 5.36. The van der Waals surface area contributed by atoms with Crippen LogP contribution in [0.15, 0.2) is 71.1 Å². The summed E-state index contributed by atoms with van der Waals surface area (Å²) in [7, 11) is 0. The molecular weight excluding hydrogens is 318 g/mol. The first kappa shape index (κ1) is 17.1. The summed E-state index contributed by atoms with van der Waals surface area (Å²) in [5.74, 6) is 2.18. The standard InChI is InChI=1S/C24H27NO/c1-2-10-22(19-11-5-3-6-12-19)25-16-9-15-23-21(18-25)17-24(26-23)20-13-7-4-8-14-20/h3-8,11-14,17,22H,2,9-10,15-16,18H2,1H3. The van der Waals surface area contributed by atoms with E-state index in [-0.39, 0.29) is 0 Å². The predicted octanol–water partition coefficient (Wildman–Crippen LogP) is 6.24. The maximum atomic E-state index is 6.24. The fraction of sp³-hybridized carbons (Fsp3) is 0.333. The summed E-state index contributed by atoms with van der Waals surface area (Å²) in [6.07, 6.45) is 4.58. The van der Waals surface area contributed by atoms with E-state index in [0.717, 1.165) is 31.7 Å². The minimum atomic E-state index is 0.488. The van der Waals surface area contributed by atoms with Crippen LogP contribution in [0.1, 0.15) is 49.1 Å². The average Bonchev–Trinajstić information content (AvgIpc) is 2.99. The number of furan rings is 1. The highest BCUT2D eigenvalue weighted by molar-refractivity contribution is 5.58. The van der Waals surface area contributed by atoms with Crippen molar-refractivity contribution in [3.63, 3.8) is 0 Å². The number of hydrogen-bond acceptors (Lipinski definition) is 2. The molecule has 0 bridgehead atoms. The molecule has 1 aliphatic rings.